The first-order valence-corrected chi connectivity index (χ1v) is 5.34. The number of hydrogen-bond donors (Lipinski definition) is 2. The molecule has 0 atom stereocenters. The van der Waals surface area contributed by atoms with Crippen molar-refractivity contribution >= 4 is 5.96 Å². The van der Waals surface area contributed by atoms with Crippen molar-refractivity contribution in [2.45, 2.75) is 39.8 Å². The van der Waals surface area contributed by atoms with Gasteiger partial charge in [-0.3, -0.25) is 5.43 Å². The van der Waals surface area contributed by atoms with Crippen molar-refractivity contribution in [3.63, 3.8) is 0 Å². The van der Waals surface area contributed by atoms with Crippen molar-refractivity contribution in [3.05, 3.63) is 0 Å². The monoisotopic (exact) mass is 216 g/mol. The van der Waals surface area contributed by atoms with E-state index in [4.69, 9.17) is 10.6 Å². The lowest BCUT2D eigenvalue weighted by Gasteiger charge is -2.21. The Morgan fingerprint density at radius 2 is 2.00 bits per heavy atom. The van der Waals surface area contributed by atoms with Gasteiger partial charge in [-0.15, -0.1) is 0 Å². The molecule has 0 saturated heterocycles. The van der Waals surface area contributed by atoms with Gasteiger partial charge in [-0.1, -0.05) is 0 Å². The summed E-state index contributed by atoms with van der Waals surface area (Å²) >= 11 is 0. The third-order valence-electron chi connectivity index (χ3n) is 1.75. The standard InChI is InChI=1S/C10H24N4O/c1-8(2)12-10(13-11)14(5)6-7-15-9(3)4/h8-9H,6-7,11H2,1-5H3,(H,12,13). The van der Waals surface area contributed by atoms with E-state index in [2.05, 4.69) is 10.4 Å². The molecule has 0 heterocycles. The first-order valence-electron chi connectivity index (χ1n) is 5.34. The summed E-state index contributed by atoms with van der Waals surface area (Å²) in [5.41, 5.74) is 2.59. The second-order valence-electron chi connectivity index (χ2n) is 4.03. The van der Waals surface area contributed by atoms with Crippen molar-refractivity contribution in [2.75, 3.05) is 20.2 Å². The zero-order valence-corrected chi connectivity index (χ0v) is 10.4. The van der Waals surface area contributed by atoms with E-state index in [0.29, 0.717) is 12.6 Å². The van der Waals surface area contributed by atoms with Crippen LogP contribution in [0.5, 0.6) is 0 Å². The normalized spacial score (nSPS) is 12.4. The highest BCUT2D eigenvalue weighted by atomic mass is 16.5. The topological polar surface area (TPSA) is 62.9 Å². The van der Waals surface area contributed by atoms with Crippen LogP contribution >= 0.6 is 0 Å². The Bertz CT molecular complexity index is 192. The van der Waals surface area contributed by atoms with Gasteiger partial charge < -0.3 is 9.64 Å². The Morgan fingerprint density at radius 3 is 2.40 bits per heavy atom. The van der Waals surface area contributed by atoms with E-state index in [9.17, 15) is 0 Å². The molecule has 0 bridgehead atoms. The molecular weight excluding hydrogens is 192 g/mol. The lowest BCUT2D eigenvalue weighted by atomic mass is 10.4. The number of nitrogens with one attached hydrogen (secondary N) is 1. The van der Waals surface area contributed by atoms with Gasteiger partial charge >= 0.3 is 0 Å². The minimum absolute atomic E-state index is 0.226. The Balaban J connectivity index is 3.99. The summed E-state index contributed by atoms with van der Waals surface area (Å²) in [4.78, 5) is 6.29. The number of likely N-dealkylation sites (N-methyl/N-ethyl adjacent to an activating group) is 1. The van der Waals surface area contributed by atoms with Crippen molar-refractivity contribution in [2.24, 2.45) is 10.8 Å². The molecule has 0 aromatic carbocycles. The fraction of sp³-hybridized carbons (Fsp3) is 0.900. The van der Waals surface area contributed by atoms with Crippen molar-refractivity contribution < 1.29 is 4.74 Å². The number of hydrazine groups is 1. The van der Waals surface area contributed by atoms with Crippen LogP contribution in [0.2, 0.25) is 0 Å². The second kappa shape index (κ2) is 7.48. The molecule has 0 unspecified atom stereocenters. The maximum Gasteiger partial charge on any atom is 0.208 e. The van der Waals surface area contributed by atoms with Crippen LogP contribution in [0.1, 0.15) is 27.7 Å². The molecule has 0 aromatic heterocycles. The Morgan fingerprint density at radius 1 is 1.40 bits per heavy atom. The second-order valence-corrected chi connectivity index (χ2v) is 4.03. The summed E-state index contributed by atoms with van der Waals surface area (Å²) in [6.07, 6.45) is 0.259. The van der Waals surface area contributed by atoms with Crippen LogP contribution in [0.25, 0.3) is 0 Å². The highest BCUT2D eigenvalue weighted by molar-refractivity contribution is 5.79. The maximum atomic E-state index is 5.45. The molecule has 90 valence electrons. The number of guanidine groups is 1. The largest absolute Gasteiger partial charge is 0.377 e. The fourth-order valence-corrected chi connectivity index (χ4v) is 1.02. The molecule has 0 saturated carbocycles. The molecule has 0 aromatic rings. The van der Waals surface area contributed by atoms with Gasteiger partial charge in [0.25, 0.3) is 0 Å². The minimum Gasteiger partial charge on any atom is -0.377 e. The summed E-state index contributed by atoms with van der Waals surface area (Å²) in [5, 5.41) is 0. The van der Waals surface area contributed by atoms with Gasteiger partial charge in [0.15, 0.2) is 0 Å². The summed E-state index contributed by atoms with van der Waals surface area (Å²) in [5.74, 6) is 6.08. The molecule has 0 aliphatic heterocycles. The zero-order valence-electron chi connectivity index (χ0n) is 10.4. The van der Waals surface area contributed by atoms with Crippen LogP contribution in [0.15, 0.2) is 4.99 Å². The minimum atomic E-state index is 0.226. The number of rotatable bonds is 5. The summed E-state index contributed by atoms with van der Waals surface area (Å²) < 4.78 is 5.45. The van der Waals surface area contributed by atoms with Crippen LogP contribution in [-0.2, 0) is 4.74 Å². The fourth-order valence-electron chi connectivity index (χ4n) is 1.02. The van der Waals surface area contributed by atoms with E-state index in [1.165, 1.54) is 0 Å². The molecule has 0 radical (unpaired) electrons. The molecule has 0 aliphatic carbocycles. The quantitative estimate of drug-likeness (QED) is 0.305. The van der Waals surface area contributed by atoms with Crippen LogP contribution in [0, 0.1) is 0 Å². The number of ether oxygens (including phenoxy) is 1. The molecule has 5 nitrogen and oxygen atoms in total. The molecule has 3 N–H and O–H groups in total. The highest BCUT2D eigenvalue weighted by Gasteiger charge is 2.05. The molecule has 0 amide bonds. The summed E-state index contributed by atoms with van der Waals surface area (Å²) in [6.45, 7) is 9.50. The van der Waals surface area contributed by atoms with Crippen molar-refractivity contribution in [3.8, 4) is 0 Å². The lowest BCUT2D eigenvalue weighted by molar-refractivity contribution is 0.0720. The third-order valence-corrected chi connectivity index (χ3v) is 1.75. The average molecular weight is 216 g/mol. The molecule has 0 fully saturated rings. The molecular formula is C10H24N4O. The van der Waals surface area contributed by atoms with Gasteiger partial charge in [-0.05, 0) is 27.7 Å². The van der Waals surface area contributed by atoms with E-state index < -0.39 is 0 Å². The van der Waals surface area contributed by atoms with E-state index in [1.807, 2.05) is 39.6 Å². The lowest BCUT2D eigenvalue weighted by Crippen LogP contribution is -2.44. The van der Waals surface area contributed by atoms with E-state index >= 15 is 0 Å². The maximum absolute atomic E-state index is 5.45. The first kappa shape index (κ1) is 14.2. The summed E-state index contributed by atoms with van der Waals surface area (Å²) in [6, 6.07) is 0.226. The van der Waals surface area contributed by atoms with Crippen LogP contribution < -0.4 is 11.3 Å². The first-order chi connectivity index (χ1) is 6.97. The number of aliphatic imine (C=N–C) groups is 1. The number of hydrogen-bond acceptors (Lipinski definition) is 3. The van der Waals surface area contributed by atoms with Gasteiger partial charge in [0.05, 0.1) is 12.7 Å². The average Bonchev–Trinajstić information content (AvgIpc) is 2.13. The van der Waals surface area contributed by atoms with E-state index in [0.717, 1.165) is 6.54 Å². The van der Waals surface area contributed by atoms with Gasteiger partial charge in [0, 0.05) is 19.6 Å². The Labute approximate surface area is 92.7 Å². The molecule has 0 spiro atoms. The predicted molar refractivity (Wildman–Crippen MR) is 63.6 cm³/mol. The smallest absolute Gasteiger partial charge is 0.208 e. The van der Waals surface area contributed by atoms with Crippen molar-refractivity contribution in [1.82, 2.24) is 10.3 Å². The number of nitrogens with zero attached hydrogens (tertiary/aromatic N) is 2. The van der Waals surface area contributed by atoms with E-state index in [1.54, 1.807) is 0 Å². The predicted octanol–water partition coefficient (Wildman–Crippen LogP) is 0.571. The van der Waals surface area contributed by atoms with Gasteiger partial charge in [0.2, 0.25) is 5.96 Å². The van der Waals surface area contributed by atoms with Crippen molar-refractivity contribution in [1.29, 1.82) is 0 Å². The van der Waals surface area contributed by atoms with E-state index in [-0.39, 0.29) is 12.1 Å². The van der Waals surface area contributed by atoms with Gasteiger partial charge in [0.1, 0.15) is 0 Å². The molecule has 15 heavy (non-hydrogen) atoms. The highest BCUT2D eigenvalue weighted by Crippen LogP contribution is 1.93. The molecule has 5 heteroatoms. The Hall–Kier alpha value is -0.810. The zero-order chi connectivity index (χ0) is 11.8. The van der Waals surface area contributed by atoms with Crippen LogP contribution in [0.3, 0.4) is 0 Å². The third kappa shape index (κ3) is 7.16. The summed E-state index contributed by atoms with van der Waals surface area (Å²) in [7, 11) is 1.94. The SMILES string of the molecule is CC(C)N=C(NN)N(C)CCOC(C)C. The number of nitrogens with two attached hydrogens (primary N) is 1. The molecule has 0 aliphatic rings. The van der Waals surface area contributed by atoms with Gasteiger partial charge in [-0.25, -0.2) is 10.8 Å². The molecule has 0 rings (SSSR count). The van der Waals surface area contributed by atoms with Crippen LogP contribution in [0.4, 0.5) is 0 Å². The van der Waals surface area contributed by atoms with Crippen LogP contribution in [-0.4, -0.2) is 43.2 Å². The Kier molecular flexibility index (Phi) is 7.07. The van der Waals surface area contributed by atoms with Gasteiger partial charge in [-0.2, -0.15) is 0 Å².